The number of fused-ring (bicyclic) bond motifs is 5. The van der Waals surface area contributed by atoms with Crippen LogP contribution in [-0.2, 0) is 4.79 Å². The number of Topliss-reactive ketones (excluding diaryl/α,β-unsaturated/α-hetero) is 1. The van der Waals surface area contributed by atoms with Gasteiger partial charge in [-0.25, -0.2) is 0 Å². The molecule has 8 atom stereocenters. The maximum atomic E-state index is 12.1. The highest BCUT2D eigenvalue weighted by molar-refractivity contribution is 5.79. The Hall–Kier alpha value is -0.410. The van der Waals surface area contributed by atoms with Crippen LogP contribution in [0.5, 0.6) is 0 Å². The molecule has 4 saturated carbocycles. The average molecular weight is 419 g/mol. The fraction of sp³-hybridized carbons (Fsp3) is 0.963. The third-order valence-electron chi connectivity index (χ3n) is 10.7. The van der Waals surface area contributed by atoms with Crippen molar-refractivity contribution in [2.24, 2.45) is 40.4 Å². The van der Waals surface area contributed by atoms with Gasteiger partial charge in [0.25, 0.3) is 0 Å². The molecular formula is C27H46O3. The third-order valence-corrected chi connectivity index (χ3v) is 10.7. The monoisotopic (exact) mass is 418 g/mol. The van der Waals surface area contributed by atoms with Crippen molar-refractivity contribution >= 4 is 5.78 Å². The average Bonchev–Trinajstić information content (AvgIpc) is 2.99. The molecular weight excluding hydrogens is 372 g/mol. The Kier molecular flexibility index (Phi) is 5.75. The van der Waals surface area contributed by atoms with Gasteiger partial charge in [-0.1, -0.05) is 13.8 Å². The van der Waals surface area contributed by atoms with E-state index < -0.39 is 11.2 Å². The van der Waals surface area contributed by atoms with E-state index in [9.17, 15) is 15.0 Å². The van der Waals surface area contributed by atoms with E-state index in [2.05, 4.69) is 20.8 Å². The van der Waals surface area contributed by atoms with Crippen molar-refractivity contribution < 1.29 is 15.0 Å². The van der Waals surface area contributed by atoms with Gasteiger partial charge in [-0.05, 0) is 125 Å². The van der Waals surface area contributed by atoms with Crippen LogP contribution >= 0.6 is 0 Å². The molecule has 0 amide bonds. The Balaban J connectivity index is 1.49. The van der Waals surface area contributed by atoms with Crippen molar-refractivity contribution in [3.63, 3.8) is 0 Å². The highest BCUT2D eigenvalue weighted by atomic mass is 16.3. The number of ketones is 1. The van der Waals surface area contributed by atoms with Crippen LogP contribution in [0.1, 0.15) is 112 Å². The SMILES string of the molecule is CC(C)(O)CCC[C@](C)(O)[C@H]1CC[C@H]2[C@@H]3CC[C@H]4CC(=O)CC[C@]4(C)[C@H]3CC[C@@]21C. The zero-order chi connectivity index (χ0) is 21.9. The van der Waals surface area contributed by atoms with Crippen LogP contribution in [0.2, 0.25) is 0 Å². The summed E-state index contributed by atoms with van der Waals surface area (Å²) in [7, 11) is 0. The molecule has 0 aromatic heterocycles. The lowest BCUT2D eigenvalue weighted by Crippen LogP contribution is -2.55. The van der Waals surface area contributed by atoms with E-state index in [1.165, 1.54) is 32.1 Å². The smallest absolute Gasteiger partial charge is 0.133 e. The predicted octanol–water partition coefficient (Wildman–Crippen LogP) is 5.91. The molecule has 0 saturated heterocycles. The van der Waals surface area contributed by atoms with Crippen molar-refractivity contribution in [3.8, 4) is 0 Å². The molecule has 4 aliphatic rings. The topological polar surface area (TPSA) is 57.5 Å². The minimum Gasteiger partial charge on any atom is -0.390 e. The number of carbonyl (C=O) groups is 1. The summed E-state index contributed by atoms with van der Waals surface area (Å²) in [6, 6.07) is 0. The van der Waals surface area contributed by atoms with Gasteiger partial charge in [0, 0.05) is 12.8 Å². The highest BCUT2D eigenvalue weighted by Crippen LogP contribution is 2.68. The van der Waals surface area contributed by atoms with Gasteiger partial charge >= 0.3 is 0 Å². The van der Waals surface area contributed by atoms with Crippen LogP contribution in [0.4, 0.5) is 0 Å². The van der Waals surface area contributed by atoms with Gasteiger partial charge in [-0.3, -0.25) is 4.79 Å². The fourth-order valence-corrected chi connectivity index (χ4v) is 9.12. The maximum Gasteiger partial charge on any atom is 0.133 e. The Morgan fingerprint density at radius 2 is 1.60 bits per heavy atom. The van der Waals surface area contributed by atoms with Gasteiger partial charge in [0.15, 0.2) is 0 Å². The van der Waals surface area contributed by atoms with E-state index in [0.29, 0.717) is 23.0 Å². The zero-order valence-electron chi connectivity index (χ0n) is 20.2. The number of aliphatic hydroxyl groups is 2. The Labute approximate surface area is 184 Å². The lowest BCUT2D eigenvalue weighted by Gasteiger charge is -2.61. The largest absolute Gasteiger partial charge is 0.390 e. The molecule has 3 nitrogen and oxygen atoms in total. The first-order valence-corrected chi connectivity index (χ1v) is 12.8. The lowest BCUT2D eigenvalue weighted by atomic mass is 9.44. The first-order valence-electron chi connectivity index (χ1n) is 12.8. The number of rotatable bonds is 5. The van der Waals surface area contributed by atoms with Crippen LogP contribution in [0.15, 0.2) is 0 Å². The molecule has 0 heterocycles. The molecule has 4 rings (SSSR count). The van der Waals surface area contributed by atoms with Crippen molar-refractivity contribution in [3.05, 3.63) is 0 Å². The summed E-state index contributed by atoms with van der Waals surface area (Å²) >= 11 is 0. The zero-order valence-corrected chi connectivity index (χ0v) is 20.2. The molecule has 0 bridgehead atoms. The molecule has 4 fully saturated rings. The molecule has 3 heteroatoms. The normalized spacial score (nSPS) is 46.0. The standard InChI is InChI=1S/C27H46O3/c1-24(2,29)13-6-14-27(5,30)23-10-9-21-20-8-7-18-17-19(28)11-15-25(18,3)22(20)12-16-26(21,23)4/h18,20-23,29-30H,6-17H2,1-5H3/t18-,20-,21-,22-,23-,25-,26-,27-/m0/s1. The van der Waals surface area contributed by atoms with Gasteiger partial charge in [0.2, 0.25) is 0 Å². The summed E-state index contributed by atoms with van der Waals surface area (Å²) < 4.78 is 0. The van der Waals surface area contributed by atoms with E-state index >= 15 is 0 Å². The molecule has 0 spiro atoms. The van der Waals surface area contributed by atoms with Gasteiger partial charge in [-0.15, -0.1) is 0 Å². The lowest BCUT2D eigenvalue weighted by molar-refractivity contribution is -0.147. The van der Waals surface area contributed by atoms with E-state index in [4.69, 9.17) is 0 Å². The van der Waals surface area contributed by atoms with Crippen LogP contribution in [0.3, 0.4) is 0 Å². The predicted molar refractivity (Wildman–Crippen MR) is 121 cm³/mol. The summed E-state index contributed by atoms with van der Waals surface area (Å²) in [4.78, 5) is 12.1. The maximum absolute atomic E-state index is 12.1. The highest BCUT2D eigenvalue weighted by Gasteiger charge is 2.62. The molecule has 172 valence electrons. The van der Waals surface area contributed by atoms with Gasteiger partial charge in [0.1, 0.15) is 5.78 Å². The van der Waals surface area contributed by atoms with Crippen LogP contribution in [0.25, 0.3) is 0 Å². The second kappa shape index (κ2) is 7.58. The minimum atomic E-state index is -0.647. The first kappa shape index (κ1) is 22.8. The van der Waals surface area contributed by atoms with E-state index in [1.807, 2.05) is 13.8 Å². The molecule has 0 aromatic rings. The molecule has 4 aliphatic carbocycles. The molecule has 2 N–H and O–H groups in total. The second-order valence-corrected chi connectivity index (χ2v) is 13.1. The van der Waals surface area contributed by atoms with Crippen molar-refractivity contribution in [1.82, 2.24) is 0 Å². The summed E-state index contributed by atoms with van der Waals surface area (Å²) in [6.07, 6.45) is 12.6. The summed E-state index contributed by atoms with van der Waals surface area (Å²) in [6.45, 7) is 10.8. The van der Waals surface area contributed by atoms with Crippen LogP contribution in [0, 0.1) is 40.4 Å². The van der Waals surface area contributed by atoms with Crippen LogP contribution in [-0.4, -0.2) is 27.2 Å². The minimum absolute atomic E-state index is 0.243. The van der Waals surface area contributed by atoms with Gasteiger partial charge < -0.3 is 10.2 Å². The summed E-state index contributed by atoms with van der Waals surface area (Å²) in [5.41, 5.74) is -0.676. The fourth-order valence-electron chi connectivity index (χ4n) is 9.12. The first-order chi connectivity index (χ1) is 13.9. The van der Waals surface area contributed by atoms with Gasteiger partial charge in [-0.2, -0.15) is 0 Å². The molecule has 0 radical (unpaired) electrons. The van der Waals surface area contributed by atoms with E-state index in [0.717, 1.165) is 62.7 Å². The molecule has 0 aromatic carbocycles. The molecule has 30 heavy (non-hydrogen) atoms. The summed E-state index contributed by atoms with van der Waals surface area (Å²) in [5.74, 6) is 3.79. The second-order valence-electron chi connectivity index (χ2n) is 13.1. The Morgan fingerprint density at radius 1 is 0.900 bits per heavy atom. The van der Waals surface area contributed by atoms with Gasteiger partial charge in [0.05, 0.1) is 11.2 Å². The van der Waals surface area contributed by atoms with E-state index in [1.54, 1.807) is 0 Å². The number of carbonyl (C=O) groups excluding carboxylic acids is 1. The quantitative estimate of drug-likeness (QED) is 0.584. The Morgan fingerprint density at radius 3 is 2.30 bits per heavy atom. The van der Waals surface area contributed by atoms with Crippen molar-refractivity contribution in [1.29, 1.82) is 0 Å². The number of hydrogen-bond donors (Lipinski definition) is 2. The van der Waals surface area contributed by atoms with Crippen LogP contribution < -0.4 is 0 Å². The number of hydrogen-bond acceptors (Lipinski definition) is 3. The molecule has 0 unspecified atom stereocenters. The third kappa shape index (κ3) is 3.81. The summed E-state index contributed by atoms with van der Waals surface area (Å²) in [5, 5.41) is 21.6. The van der Waals surface area contributed by atoms with Crippen molar-refractivity contribution in [2.45, 2.75) is 123 Å². The molecule has 0 aliphatic heterocycles. The van der Waals surface area contributed by atoms with E-state index in [-0.39, 0.29) is 5.41 Å². The van der Waals surface area contributed by atoms with Crippen molar-refractivity contribution in [2.75, 3.05) is 0 Å². The Bertz CT molecular complexity index is 662.